The summed E-state index contributed by atoms with van der Waals surface area (Å²) in [6.45, 7) is 0.200. The van der Waals surface area contributed by atoms with Crippen molar-refractivity contribution in [3.63, 3.8) is 0 Å². The number of anilines is 1. The minimum Gasteiger partial charge on any atom is -0.497 e. The van der Waals surface area contributed by atoms with Gasteiger partial charge in [0.1, 0.15) is 16.2 Å². The molecule has 10 nitrogen and oxygen atoms in total. The Morgan fingerprint density at radius 2 is 1.54 bits per heavy atom. The van der Waals surface area contributed by atoms with Crippen LogP contribution in [0, 0.1) is 0 Å². The van der Waals surface area contributed by atoms with Crippen molar-refractivity contribution >= 4 is 21.5 Å². The van der Waals surface area contributed by atoms with E-state index in [1.54, 1.807) is 18.5 Å². The highest BCUT2D eigenvalue weighted by atomic mass is 32.2. The highest BCUT2D eigenvalue weighted by Crippen LogP contribution is 2.51. The summed E-state index contributed by atoms with van der Waals surface area (Å²) in [5, 5.41) is 3.09. The number of methoxy groups -OCH3 is 5. The topological polar surface area (TPSA) is 122 Å². The first kappa shape index (κ1) is 25.6. The Kier molecular flexibility index (Phi) is 8.02. The van der Waals surface area contributed by atoms with E-state index in [0.29, 0.717) is 5.75 Å². The summed E-state index contributed by atoms with van der Waals surface area (Å²) in [6.07, 6.45) is 3.26. The van der Waals surface area contributed by atoms with Crippen LogP contribution in [0.4, 0.5) is 5.69 Å². The number of ether oxygens (including phenoxy) is 5. The van der Waals surface area contributed by atoms with E-state index in [9.17, 15) is 13.2 Å². The van der Waals surface area contributed by atoms with E-state index < -0.39 is 20.7 Å². The number of esters is 1. The van der Waals surface area contributed by atoms with E-state index in [2.05, 4.69) is 10.3 Å². The molecule has 0 aliphatic heterocycles. The molecule has 11 heteroatoms. The number of sulfone groups is 1. The van der Waals surface area contributed by atoms with Gasteiger partial charge in [-0.05, 0) is 35.9 Å². The van der Waals surface area contributed by atoms with Crippen molar-refractivity contribution in [1.82, 2.24) is 4.98 Å². The lowest BCUT2D eigenvalue weighted by Crippen LogP contribution is -2.18. The van der Waals surface area contributed by atoms with Gasteiger partial charge in [0, 0.05) is 18.9 Å². The number of hydrogen-bond acceptors (Lipinski definition) is 10. The quantitative estimate of drug-likeness (QED) is 0.413. The molecule has 35 heavy (non-hydrogen) atoms. The number of carbonyl (C=O) groups is 1. The van der Waals surface area contributed by atoms with Crippen LogP contribution in [0.25, 0.3) is 0 Å². The predicted octanol–water partition coefficient (Wildman–Crippen LogP) is 3.35. The number of carbonyl (C=O) groups excluding carboxylic acids is 1. The van der Waals surface area contributed by atoms with E-state index >= 15 is 0 Å². The third-order valence-corrected chi connectivity index (χ3v) is 6.97. The Morgan fingerprint density at radius 1 is 0.886 bits per heavy atom. The fourth-order valence-electron chi connectivity index (χ4n) is 3.51. The maximum atomic E-state index is 13.9. The monoisotopic (exact) mass is 502 g/mol. The number of pyridine rings is 1. The van der Waals surface area contributed by atoms with Gasteiger partial charge in [0.25, 0.3) is 0 Å². The Labute approximate surface area is 203 Å². The van der Waals surface area contributed by atoms with E-state index in [-0.39, 0.29) is 39.9 Å². The van der Waals surface area contributed by atoms with Gasteiger partial charge in [-0.3, -0.25) is 4.98 Å². The summed E-state index contributed by atoms with van der Waals surface area (Å²) < 4.78 is 54.4. The van der Waals surface area contributed by atoms with Crippen LogP contribution in [0.2, 0.25) is 0 Å². The molecule has 1 aromatic heterocycles. The Hall–Kier alpha value is -3.99. The summed E-state index contributed by atoms with van der Waals surface area (Å²) >= 11 is 0. The molecule has 0 bridgehead atoms. The normalized spacial score (nSPS) is 10.9. The summed E-state index contributed by atoms with van der Waals surface area (Å²) in [5.41, 5.74) is 0.550. The molecule has 3 aromatic rings. The minimum atomic E-state index is -4.32. The summed E-state index contributed by atoms with van der Waals surface area (Å²) in [7, 11) is 2.28. The number of nitrogens with zero attached hydrogens (tertiary/aromatic N) is 1. The zero-order valence-electron chi connectivity index (χ0n) is 19.9. The van der Waals surface area contributed by atoms with Crippen LogP contribution in [0.1, 0.15) is 15.9 Å². The van der Waals surface area contributed by atoms with E-state index in [0.717, 1.165) is 12.7 Å². The number of benzene rings is 2. The second-order valence-corrected chi connectivity index (χ2v) is 8.95. The standard InChI is InChI=1S/C24H26N2O8S/c1-30-16-8-10-17(11-9-16)35(28,29)23-18(24(27)34-5)19(26-14-15-7-6-12-25-13-15)20(31-2)21(32-3)22(23)33-4/h6-13,26H,14H2,1-5H3. The molecular weight excluding hydrogens is 476 g/mol. The van der Waals surface area contributed by atoms with Gasteiger partial charge in [0.2, 0.25) is 15.6 Å². The van der Waals surface area contributed by atoms with Crippen molar-refractivity contribution in [2.45, 2.75) is 16.3 Å². The first-order valence-electron chi connectivity index (χ1n) is 10.3. The fourth-order valence-corrected chi connectivity index (χ4v) is 5.12. The van der Waals surface area contributed by atoms with Crippen molar-refractivity contribution in [2.75, 3.05) is 40.9 Å². The highest BCUT2D eigenvalue weighted by Gasteiger charge is 2.38. The molecule has 0 fully saturated rings. The maximum absolute atomic E-state index is 13.9. The molecule has 0 aliphatic carbocycles. The van der Waals surface area contributed by atoms with Crippen LogP contribution >= 0.6 is 0 Å². The molecule has 0 saturated carbocycles. The molecule has 1 N–H and O–H groups in total. The summed E-state index contributed by atoms with van der Waals surface area (Å²) in [4.78, 5) is 16.6. The fraction of sp³-hybridized carbons (Fsp3) is 0.250. The average molecular weight is 503 g/mol. The van der Waals surface area contributed by atoms with Crippen molar-refractivity contribution in [1.29, 1.82) is 0 Å². The van der Waals surface area contributed by atoms with Gasteiger partial charge in [0.15, 0.2) is 11.5 Å². The van der Waals surface area contributed by atoms with E-state index in [4.69, 9.17) is 23.7 Å². The van der Waals surface area contributed by atoms with Crippen molar-refractivity contribution in [2.24, 2.45) is 0 Å². The summed E-state index contributed by atoms with van der Waals surface area (Å²) in [6, 6.07) is 9.31. The Morgan fingerprint density at radius 3 is 2.06 bits per heavy atom. The highest BCUT2D eigenvalue weighted by molar-refractivity contribution is 7.91. The SMILES string of the molecule is COC(=O)c1c(NCc2cccnc2)c(OC)c(OC)c(OC)c1S(=O)(=O)c1ccc(OC)cc1. The van der Waals surface area contributed by atoms with E-state index in [1.807, 2.05) is 6.07 Å². The first-order valence-corrected chi connectivity index (χ1v) is 11.8. The number of hydrogen-bond donors (Lipinski definition) is 1. The molecule has 0 unspecified atom stereocenters. The molecule has 0 amide bonds. The number of rotatable bonds is 10. The van der Waals surface area contributed by atoms with Crippen LogP contribution in [-0.2, 0) is 21.1 Å². The molecule has 0 atom stereocenters. The molecule has 0 aliphatic rings. The molecular formula is C24H26N2O8S. The number of nitrogens with one attached hydrogen (secondary N) is 1. The molecule has 0 saturated heterocycles. The van der Waals surface area contributed by atoms with Crippen LogP contribution in [0.3, 0.4) is 0 Å². The minimum absolute atomic E-state index is 0.0107. The molecule has 0 radical (unpaired) electrons. The zero-order valence-corrected chi connectivity index (χ0v) is 20.8. The van der Waals surface area contributed by atoms with Crippen LogP contribution in [0.15, 0.2) is 58.6 Å². The van der Waals surface area contributed by atoms with Gasteiger partial charge in [-0.25, -0.2) is 13.2 Å². The van der Waals surface area contributed by atoms with Crippen molar-refractivity contribution < 1.29 is 36.9 Å². The third-order valence-electron chi connectivity index (χ3n) is 5.16. The summed E-state index contributed by atoms with van der Waals surface area (Å²) in [5.74, 6) is -0.585. The lowest BCUT2D eigenvalue weighted by atomic mass is 10.1. The van der Waals surface area contributed by atoms with Crippen molar-refractivity contribution in [3.05, 3.63) is 59.9 Å². The van der Waals surface area contributed by atoms with Gasteiger partial charge in [-0.2, -0.15) is 0 Å². The zero-order chi connectivity index (χ0) is 25.6. The first-order chi connectivity index (χ1) is 16.8. The number of aromatic nitrogens is 1. The van der Waals surface area contributed by atoms with Crippen molar-refractivity contribution in [3.8, 4) is 23.0 Å². The van der Waals surface area contributed by atoms with Gasteiger partial charge in [0.05, 0.1) is 46.1 Å². The molecule has 0 spiro atoms. The molecule has 1 heterocycles. The van der Waals surface area contributed by atoms with Crippen LogP contribution in [0.5, 0.6) is 23.0 Å². The van der Waals surface area contributed by atoms with Crippen LogP contribution in [-0.4, -0.2) is 54.9 Å². The smallest absolute Gasteiger partial charge is 0.341 e. The predicted molar refractivity (Wildman–Crippen MR) is 127 cm³/mol. The Balaban J connectivity index is 2.36. The van der Waals surface area contributed by atoms with Gasteiger partial charge >= 0.3 is 5.97 Å². The van der Waals surface area contributed by atoms with Crippen LogP contribution < -0.4 is 24.3 Å². The third kappa shape index (κ3) is 4.94. The molecule has 2 aromatic carbocycles. The second kappa shape index (κ2) is 11.0. The van der Waals surface area contributed by atoms with Gasteiger partial charge in [-0.1, -0.05) is 6.07 Å². The molecule has 186 valence electrons. The largest absolute Gasteiger partial charge is 0.497 e. The Bertz CT molecular complexity index is 1290. The second-order valence-electron chi connectivity index (χ2n) is 7.06. The maximum Gasteiger partial charge on any atom is 0.341 e. The lowest BCUT2D eigenvalue weighted by molar-refractivity contribution is 0.0596. The average Bonchev–Trinajstić information content (AvgIpc) is 2.90. The lowest BCUT2D eigenvalue weighted by Gasteiger charge is -2.23. The van der Waals surface area contributed by atoms with Gasteiger partial charge < -0.3 is 29.0 Å². The van der Waals surface area contributed by atoms with E-state index in [1.165, 1.54) is 52.7 Å². The van der Waals surface area contributed by atoms with Gasteiger partial charge in [-0.15, -0.1) is 0 Å². The molecule has 3 rings (SSSR count).